The maximum atomic E-state index is 13.2. The SMILES string of the molecule is O=C(NCc1cccs1)NC(CO)c1cc(F)c(F)c(F)c1. The van der Waals surface area contributed by atoms with Gasteiger partial charge in [-0.15, -0.1) is 11.3 Å². The summed E-state index contributed by atoms with van der Waals surface area (Å²) in [6.07, 6.45) is 0. The van der Waals surface area contributed by atoms with Gasteiger partial charge in [0.1, 0.15) is 0 Å². The zero-order valence-corrected chi connectivity index (χ0v) is 12.1. The number of amides is 2. The number of rotatable bonds is 5. The van der Waals surface area contributed by atoms with Gasteiger partial charge in [-0.3, -0.25) is 0 Å². The lowest BCUT2D eigenvalue weighted by molar-refractivity contribution is 0.216. The van der Waals surface area contributed by atoms with Crippen LogP contribution in [0.25, 0.3) is 0 Å². The van der Waals surface area contributed by atoms with Crippen molar-refractivity contribution < 1.29 is 23.1 Å². The number of aliphatic hydroxyl groups excluding tert-OH is 1. The highest BCUT2D eigenvalue weighted by atomic mass is 32.1. The Hall–Kier alpha value is -2.06. The van der Waals surface area contributed by atoms with E-state index in [1.807, 2.05) is 17.5 Å². The highest BCUT2D eigenvalue weighted by Crippen LogP contribution is 2.19. The van der Waals surface area contributed by atoms with E-state index in [4.69, 9.17) is 0 Å². The Morgan fingerprint density at radius 3 is 2.50 bits per heavy atom. The van der Waals surface area contributed by atoms with Gasteiger partial charge in [0.15, 0.2) is 17.5 Å². The summed E-state index contributed by atoms with van der Waals surface area (Å²) in [5, 5.41) is 16.0. The van der Waals surface area contributed by atoms with E-state index in [1.54, 1.807) is 0 Å². The summed E-state index contributed by atoms with van der Waals surface area (Å²) in [6.45, 7) is -0.301. The molecule has 0 aliphatic rings. The first-order valence-electron chi connectivity index (χ1n) is 6.33. The second-order valence-corrected chi connectivity index (χ2v) is 5.47. The minimum absolute atomic E-state index is 0.0647. The third-order valence-electron chi connectivity index (χ3n) is 2.90. The molecule has 2 aromatic rings. The van der Waals surface area contributed by atoms with Crippen LogP contribution in [0, 0.1) is 17.5 Å². The molecule has 1 aromatic carbocycles. The maximum absolute atomic E-state index is 13.2. The fraction of sp³-hybridized carbons (Fsp3) is 0.214. The van der Waals surface area contributed by atoms with Crippen molar-refractivity contribution in [3.8, 4) is 0 Å². The van der Waals surface area contributed by atoms with E-state index in [1.165, 1.54) is 11.3 Å². The number of carbonyl (C=O) groups is 1. The number of aliphatic hydroxyl groups is 1. The molecule has 0 aliphatic carbocycles. The van der Waals surface area contributed by atoms with Crippen LogP contribution in [0.2, 0.25) is 0 Å². The van der Waals surface area contributed by atoms with Gasteiger partial charge in [-0.05, 0) is 29.1 Å². The predicted octanol–water partition coefficient (Wildman–Crippen LogP) is 2.70. The van der Waals surface area contributed by atoms with Crippen LogP contribution in [0.4, 0.5) is 18.0 Å². The molecule has 1 aromatic heterocycles. The van der Waals surface area contributed by atoms with Crippen molar-refractivity contribution in [1.82, 2.24) is 10.6 Å². The topological polar surface area (TPSA) is 61.4 Å². The molecule has 0 fully saturated rings. The average molecular weight is 330 g/mol. The molecular formula is C14H13F3N2O2S. The number of nitrogens with one attached hydrogen (secondary N) is 2. The minimum atomic E-state index is -1.59. The van der Waals surface area contributed by atoms with Crippen molar-refractivity contribution in [3.05, 3.63) is 57.5 Å². The van der Waals surface area contributed by atoms with E-state index in [0.717, 1.165) is 17.0 Å². The number of hydrogen-bond donors (Lipinski definition) is 3. The largest absolute Gasteiger partial charge is 0.394 e. The normalized spacial score (nSPS) is 12.0. The number of halogens is 3. The Kier molecular flexibility index (Phi) is 5.40. The first-order valence-corrected chi connectivity index (χ1v) is 7.21. The molecule has 0 radical (unpaired) electrons. The number of carbonyl (C=O) groups excluding carboxylic acids is 1. The first kappa shape index (κ1) is 16.3. The van der Waals surface area contributed by atoms with E-state index in [0.29, 0.717) is 0 Å². The molecular weight excluding hydrogens is 317 g/mol. The molecule has 3 N–H and O–H groups in total. The highest BCUT2D eigenvalue weighted by Gasteiger charge is 2.18. The molecule has 2 amide bonds. The van der Waals surface area contributed by atoms with E-state index in [-0.39, 0.29) is 12.1 Å². The Morgan fingerprint density at radius 2 is 1.95 bits per heavy atom. The summed E-state index contributed by atoms with van der Waals surface area (Å²) in [6, 6.07) is 3.47. The van der Waals surface area contributed by atoms with Gasteiger partial charge >= 0.3 is 6.03 Å². The van der Waals surface area contributed by atoms with Crippen molar-refractivity contribution in [1.29, 1.82) is 0 Å². The van der Waals surface area contributed by atoms with Crippen LogP contribution < -0.4 is 10.6 Å². The lowest BCUT2D eigenvalue weighted by Crippen LogP contribution is -2.38. The van der Waals surface area contributed by atoms with E-state index in [2.05, 4.69) is 10.6 Å². The fourth-order valence-electron chi connectivity index (χ4n) is 1.80. The standard InChI is InChI=1S/C14H13F3N2O2S/c15-10-4-8(5-11(16)13(10)17)12(7-20)19-14(21)18-6-9-2-1-3-22-9/h1-5,12,20H,6-7H2,(H2,18,19,21). The molecule has 1 heterocycles. The molecule has 22 heavy (non-hydrogen) atoms. The maximum Gasteiger partial charge on any atom is 0.315 e. The molecule has 118 valence electrons. The first-order chi connectivity index (χ1) is 10.5. The zero-order chi connectivity index (χ0) is 16.1. The molecule has 4 nitrogen and oxygen atoms in total. The van der Waals surface area contributed by atoms with Gasteiger partial charge in [0.2, 0.25) is 0 Å². The van der Waals surface area contributed by atoms with Gasteiger partial charge < -0.3 is 15.7 Å². The van der Waals surface area contributed by atoms with Crippen molar-refractivity contribution in [2.45, 2.75) is 12.6 Å². The summed E-state index contributed by atoms with van der Waals surface area (Å²) < 4.78 is 39.3. The molecule has 1 atom stereocenters. The summed E-state index contributed by atoms with van der Waals surface area (Å²) in [7, 11) is 0. The number of urea groups is 1. The Labute approximate surface area is 128 Å². The molecule has 2 rings (SSSR count). The van der Waals surface area contributed by atoms with Gasteiger partial charge in [0.05, 0.1) is 19.2 Å². The van der Waals surface area contributed by atoms with Crippen molar-refractivity contribution in [3.63, 3.8) is 0 Å². The summed E-state index contributed by atoms with van der Waals surface area (Å²) >= 11 is 1.46. The average Bonchev–Trinajstić information content (AvgIpc) is 3.01. The van der Waals surface area contributed by atoms with Gasteiger partial charge in [-0.1, -0.05) is 6.07 Å². The molecule has 0 aliphatic heterocycles. The third-order valence-corrected chi connectivity index (χ3v) is 3.78. The van der Waals surface area contributed by atoms with Crippen LogP contribution in [0.15, 0.2) is 29.6 Å². The Balaban J connectivity index is 2.01. The second-order valence-electron chi connectivity index (χ2n) is 4.44. The summed E-state index contributed by atoms with van der Waals surface area (Å²) in [4.78, 5) is 12.7. The van der Waals surface area contributed by atoms with Crippen LogP contribution >= 0.6 is 11.3 Å². The molecule has 0 saturated carbocycles. The predicted molar refractivity (Wildman–Crippen MR) is 75.8 cm³/mol. The van der Waals surface area contributed by atoms with Crippen LogP contribution in [-0.4, -0.2) is 17.7 Å². The summed E-state index contributed by atoms with van der Waals surface area (Å²) in [5.74, 6) is -4.36. The minimum Gasteiger partial charge on any atom is -0.394 e. The van der Waals surface area contributed by atoms with Gasteiger partial charge in [-0.25, -0.2) is 18.0 Å². The van der Waals surface area contributed by atoms with Crippen LogP contribution in [0.5, 0.6) is 0 Å². The van der Waals surface area contributed by atoms with Crippen LogP contribution in [0.3, 0.4) is 0 Å². The second kappa shape index (κ2) is 7.28. The van der Waals surface area contributed by atoms with Gasteiger partial charge in [-0.2, -0.15) is 0 Å². The zero-order valence-electron chi connectivity index (χ0n) is 11.3. The quantitative estimate of drug-likeness (QED) is 0.738. The molecule has 0 bridgehead atoms. The Bertz CT molecular complexity index is 627. The van der Waals surface area contributed by atoms with Crippen molar-refractivity contribution >= 4 is 17.4 Å². The molecule has 0 saturated heterocycles. The lowest BCUT2D eigenvalue weighted by Gasteiger charge is -2.17. The third kappa shape index (κ3) is 3.99. The number of thiophene rings is 1. The van der Waals surface area contributed by atoms with Gasteiger partial charge in [0, 0.05) is 4.88 Å². The smallest absolute Gasteiger partial charge is 0.315 e. The lowest BCUT2D eigenvalue weighted by atomic mass is 10.1. The molecule has 8 heteroatoms. The number of hydrogen-bond acceptors (Lipinski definition) is 3. The van der Waals surface area contributed by atoms with Crippen LogP contribution in [0.1, 0.15) is 16.5 Å². The monoisotopic (exact) mass is 330 g/mol. The van der Waals surface area contributed by atoms with E-state index in [9.17, 15) is 23.1 Å². The molecule has 1 unspecified atom stereocenters. The fourth-order valence-corrected chi connectivity index (χ4v) is 2.45. The summed E-state index contributed by atoms with van der Waals surface area (Å²) in [5.41, 5.74) is -0.0647. The highest BCUT2D eigenvalue weighted by molar-refractivity contribution is 7.09. The van der Waals surface area contributed by atoms with Gasteiger partial charge in [0.25, 0.3) is 0 Å². The van der Waals surface area contributed by atoms with Crippen molar-refractivity contribution in [2.75, 3.05) is 6.61 Å². The van der Waals surface area contributed by atoms with Crippen LogP contribution in [-0.2, 0) is 6.54 Å². The molecule has 0 spiro atoms. The number of benzene rings is 1. The van der Waals surface area contributed by atoms with E-state index >= 15 is 0 Å². The Morgan fingerprint density at radius 1 is 1.27 bits per heavy atom. The van der Waals surface area contributed by atoms with E-state index < -0.39 is 36.1 Å². The van der Waals surface area contributed by atoms with Crippen molar-refractivity contribution in [2.24, 2.45) is 0 Å².